The van der Waals surface area contributed by atoms with Gasteiger partial charge in [0.2, 0.25) is 5.89 Å². The molecule has 1 saturated heterocycles. The van der Waals surface area contributed by atoms with Crippen LogP contribution >= 0.6 is 0 Å². The van der Waals surface area contributed by atoms with Crippen molar-refractivity contribution in [2.75, 3.05) is 6.61 Å². The Balaban J connectivity index is 1.33. The third-order valence-electron chi connectivity index (χ3n) is 5.26. The molecule has 0 spiro atoms. The zero-order valence-corrected chi connectivity index (χ0v) is 15.8. The summed E-state index contributed by atoms with van der Waals surface area (Å²) in [6.07, 6.45) is 3.56. The van der Waals surface area contributed by atoms with Gasteiger partial charge < -0.3 is 13.8 Å². The van der Waals surface area contributed by atoms with Crippen molar-refractivity contribution in [2.45, 2.75) is 25.0 Å². The molecule has 9 heteroatoms. The van der Waals surface area contributed by atoms with Gasteiger partial charge in [0.25, 0.3) is 11.1 Å². The predicted molar refractivity (Wildman–Crippen MR) is 104 cm³/mol. The predicted octanol–water partition coefficient (Wildman–Crippen LogP) is 2.28. The Kier molecular flexibility index (Phi) is 4.51. The molecule has 4 aromatic rings. The SMILES string of the molecule is O=c1c2cccc(=O)n2ccn1Cc1nc([C@@H]2CO[C@@H](c3ccc(F)cc3)C2)no1. The molecule has 1 fully saturated rings. The molecule has 0 bridgehead atoms. The molecule has 0 unspecified atom stereocenters. The maximum atomic E-state index is 13.1. The summed E-state index contributed by atoms with van der Waals surface area (Å²) in [5.74, 6) is 0.467. The summed E-state index contributed by atoms with van der Waals surface area (Å²) in [4.78, 5) is 28.9. The van der Waals surface area contributed by atoms with Crippen LogP contribution in [0.25, 0.3) is 5.52 Å². The Bertz CT molecular complexity index is 1330. The zero-order chi connectivity index (χ0) is 20.7. The van der Waals surface area contributed by atoms with Crippen LogP contribution in [0.1, 0.15) is 35.7 Å². The van der Waals surface area contributed by atoms with Crippen molar-refractivity contribution in [1.29, 1.82) is 0 Å². The lowest BCUT2D eigenvalue weighted by Crippen LogP contribution is -2.26. The van der Waals surface area contributed by atoms with Crippen molar-refractivity contribution in [2.24, 2.45) is 0 Å². The Morgan fingerprint density at radius 3 is 2.77 bits per heavy atom. The van der Waals surface area contributed by atoms with Crippen molar-refractivity contribution in [3.05, 3.63) is 98.7 Å². The van der Waals surface area contributed by atoms with E-state index in [0.717, 1.165) is 5.56 Å². The second kappa shape index (κ2) is 7.34. The summed E-state index contributed by atoms with van der Waals surface area (Å²) in [6, 6.07) is 10.8. The minimum absolute atomic E-state index is 0.0514. The molecule has 3 aromatic heterocycles. The van der Waals surface area contributed by atoms with Gasteiger partial charge >= 0.3 is 0 Å². The number of hydrogen-bond acceptors (Lipinski definition) is 6. The fourth-order valence-electron chi connectivity index (χ4n) is 3.68. The molecular weight excluding hydrogens is 391 g/mol. The van der Waals surface area contributed by atoms with Crippen LogP contribution in [0.4, 0.5) is 4.39 Å². The van der Waals surface area contributed by atoms with Crippen LogP contribution in [0.5, 0.6) is 0 Å². The van der Waals surface area contributed by atoms with E-state index in [9.17, 15) is 14.0 Å². The first-order chi connectivity index (χ1) is 14.6. The van der Waals surface area contributed by atoms with Crippen LogP contribution < -0.4 is 11.1 Å². The van der Waals surface area contributed by atoms with Crippen molar-refractivity contribution >= 4 is 5.52 Å². The number of hydrogen-bond donors (Lipinski definition) is 0. The van der Waals surface area contributed by atoms with Crippen LogP contribution in [0.2, 0.25) is 0 Å². The molecule has 0 amide bonds. The van der Waals surface area contributed by atoms with E-state index in [4.69, 9.17) is 9.26 Å². The van der Waals surface area contributed by atoms with E-state index in [-0.39, 0.29) is 41.0 Å². The van der Waals surface area contributed by atoms with E-state index >= 15 is 0 Å². The molecule has 0 radical (unpaired) electrons. The Labute approximate surface area is 169 Å². The van der Waals surface area contributed by atoms with Crippen LogP contribution in [-0.2, 0) is 11.3 Å². The van der Waals surface area contributed by atoms with Crippen LogP contribution in [-0.4, -0.2) is 25.7 Å². The second-order valence-corrected chi connectivity index (χ2v) is 7.20. The van der Waals surface area contributed by atoms with Crippen LogP contribution in [0.15, 0.2) is 69.0 Å². The number of aromatic nitrogens is 4. The molecular formula is C21H17FN4O4. The maximum Gasteiger partial charge on any atom is 0.275 e. The third-order valence-corrected chi connectivity index (χ3v) is 5.26. The number of nitrogens with zero attached hydrogens (tertiary/aromatic N) is 4. The van der Waals surface area contributed by atoms with Gasteiger partial charge in [-0.05, 0) is 30.2 Å². The van der Waals surface area contributed by atoms with Gasteiger partial charge in [-0.15, -0.1) is 0 Å². The first kappa shape index (κ1) is 18.4. The molecule has 1 aliphatic heterocycles. The molecule has 5 rings (SSSR count). The van der Waals surface area contributed by atoms with Gasteiger partial charge in [0.1, 0.15) is 17.9 Å². The van der Waals surface area contributed by atoms with Gasteiger partial charge in [0.05, 0.1) is 12.7 Å². The molecule has 0 N–H and O–H groups in total. The highest BCUT2D eigenvalue weighted by molar-refractivity contribution is 5.43. The molecule has 0 aliphatic carbocycles. The molecule has 1 aromatic carbocycles. The standard InChI is InChI=1S/C21H17FN4O4/c22-15-6-4-13(5-7-15)17-10-14(12-29-17)20-23-18(30-24-20)11-25-8-9-26-16(21(25)28)2-1-3-19(26)27/h1-9,14,17H,10-12H2/t14-,17+/m0/s1. The van der Waals surface area contributed by atoms with Gasteiger partial charge in [-0.25, -0.2) is 4.39 Å². The Morgan fingerprint density at radius 2 is 1.93 bits per heavy atom. The average molecular weight is 408 g/mol. The number of fused-ring (bicyclic) bond motifs is 1. The lowest BCUT2D eigenvalue weighted by molar-refractivity contribution is 0.110. The van der Waals surface area contributed by atoms with E-state index in [1.54, 1.807) is 24.3 Å². The quantitative estimate of drug-likeness (QED) is 0.515. The number of rotatable bonds is 4. The van der Waals surface area contributed by atoms with Gasteiger partial charge in [0, 0.05) is 24.4 Å². The first-order valence-electron chi connectivity index (χ1n) is 9.49. The fraction of sp³-hybridized carbons (Fsp3) is 0.238. The number of halogens is 1. The lowest BCUT2D eigenvalue weighted by Gasteiger charge is -2.08. The normalized spacial score (nSPS) is 18.8. The zero-order valence-electron chi connectivity index (χ0n) is 15.8. The largest absolute Gasteiger partial charge is 0.373 e. The minimum Gasteiger partial charge on any atom is -0.373 e. The molecule has 2 atom stereocenters. The van der Waals surface area contributed by atoms with E-state index in [0.29, 0.717) is 24.7 Å². The molecule has 4 heterocycles. The smallest absolute Gasteiger partial charge is 0.275 e. The minimum atomic E-state index is -0.324. The summed E-state index contributed by atoms with van der Waals surface area (Å²) in [6.45, 7) is 0.528. The summed E-state index contributed by atoms with van der Waals surface area (Å²) in [7, 11) is 0. The summed E-state index contributed by atoms with van der Waals surface area (Å²) in [5, 5.41) is 4.05. The van der Waals surface area contributed by atoms with Gasteiger partial charge in [-0.1, -0.05) is 23.4 Å². The average Bonchev–Trinajstić information content (AvgIpc) is 3.41. The summed E-state index contributed by atoms with van der Waals surface area (Å²) in [5.41, 5.74) is 0.584. The molecule has 1 aliphatic rings. The lowest BCUT2D eigenvalue weighted by atomic mass is 10.00. The Hall–Kier alpha value is -3.59. The van der Waals surface area contributed by atoms with E-state index < -0.39 is 0 Å². The monoisotopic (exact) mass is 408 g/mol. The van der Waals surface area contributed by atoms with Crippen molar-refractivity contribution in [1.82, 2.24) is 19.1 Å². The fourth-order valence-corrected chi connectivity index (χ4v) is 3.68. The maximum absolute atomic E-state index is 13.1. The highest BCUT2D eigenvalue weighted by Crippen LogP contribution is 2.37. The molecule has 0 saturated carbocycles. The topological polar surface area (TPSA) is 91.6 Å². The molecule has 30 heavy (non-hydrogen) atoms. The second-order valence-electron chi connectivity index (χ2n) is 7.20. The highest BCUT2D eigenvalue weighted by atomic mass is 19.1. The van der Waals surface area contributed by atoms with Gasteiger partial charge in [-0.3, -0.25) is 14.0 Å². The Morgan fingerprint density at radius 1 is 1.10 bits per heavy atom. The molecule has 8 nitrogen and oxygen atoms in total. The van der Waals surface area contributed by atoms with Crippen molar-refractivity contribution in [3.8, 4) is 0 Å². The number of ether oxygens (including phenoxy) is 1. The van der Waals surface area contributed by atoms with Crippen molar-refractivity contribution < 1.29 is 13.7 Å². The van der Waals surface area contributed by atoms with Gasteiger partial charge in [0.15, 0.2) is 5.82 Å². The third kappa shape index (κ3) is 3.33. The van der Waals surface area contributed by atoms with Crippen LogP contribution in [0, 0.1) is 5.82 Å². The van der Waals surface area contributed by atoms with Gasteiger partial charge in [-0.2, -0.15) is 4.98 Å². The van der Waals surface area contributed by atoms with E-state index in [2.05, 4.69) is 10.1 Å². The van der Waals surface area contributed by atoms with E-state index in [1.165, 1.54) is 39.6 Å². The summed E-state index contributed by atoms with van der Waals surface area (Å²) >= 11 is 0. The summed E-state index contributed by atoms with van der Waals surface area (Å²) < 4.78 is 27.0. The highest BCUT2D eigenvalue weighted by Gasteiger charge is 2.31. The number of pyridine rings is 1. The van der Waals surface area contributed by atoms with Crippen molar-refractivity contribution in [3.63, 3.8) is 0 Å². The number of benzene rings is 1. The molecule has 152 valence electrons. The van der Waals surface area contributed by atoms with Crippen LogP contribution in [0.3, 0.4) is 0 Å². The van der Waals surface area contributed by atoms with E-state index in [1.807, 2.05) is 0 Å². The first-order valence-corrected chi connectivity index (χ1v) is 9.49.